The van der Waals surface area contributed by atoms with Gasteiger partial charge in [-0.05, 0) is 26.8 Å². The lowest BCUT2D eigenvalue weighted by atomic mass is 10.1. The van der Waals surface area contributed by atoms with Gasteiger partial charge in [-0.2, -0.15) is 10.3 Å². The lowest BCUT2D eigenvalue weighted by Crippen LogP contribution is -2.35. The van der Waals surface area contributed by atoms with Crippen molar-refractivity contribution in [2.75, 3.05) is 0 Å². The van der Waals surface area contributed by atoms with Gasteiger partial charge in [0.15, 0.2) is 0 Å². The minimum Gasteiger partial charge on any atom is -0.444 e. The van der Waals surface area contributed by atoms with E-state index >= 15 is 0 Å². The Balaban J connectivity index is 2.15. The first-order valence-electron chi connectivity index (χ1n) is 6.00. The highest BCUT2D eigenvalue weighted by atomic mass is 16.6. The molecule has 0 bridgehead atoms. The highest BCUT2D eigenvalue weighted by Gasteiger charge is 2.20. The van der Waals surface area contributed by atoms with Gasteiger partial charge in [0, 0.05) is 11.8 Å². The summed E-state index contributed by atoms with van der Waals surface area (Å²) in [5.74, 6) is 0. The van der Waals surface area contributed by atoms with Gasteiger partial charge in [-0.25, -0.2) is 9.78 Å². The number of rotatable bonds is 3. The number of aromatic nitrogens is 4. The average molecular weight is 277 g/mol. The van der Waals surface area contributed by atoms with Gasteiger partial charge in [-0.15, -0.1) is 5.10 Å². The predicted octanol–water partition coefficient (Wildman–Crippen LogP) is 1.12. The molecule has 0 radical (unpaired) electrons. The molecular weight excluding hydrogens is 262 g/mol. The van der Waals surface area contributed by atoms with Crippen molar-refractivity contribution in [2.45, 2.75) is 32.4 Å². The molecule has 20 heavy (non-hydrogen) atoms. The highest BCUT2D eigenvalue weighted by Crippen LogP contribution is 2.15. The Morgan fingerprint density at radius 1 is 1.45 bits per heavy atom. The average Bonchev–Trinajstić information content (AvgIpc) is 2.80. The van der Waals surface area contributed by atoms with E-state index < -0.39 is 17.7 Å². The van der Waals surface area contributed by atoms with Crippen LogP contribution < -0.4 is 5.32 Å². The monoisotopic (exact) mass is 277 g/mol. The summed E-state index contributed by atoms with van der Waals surface area (Å²) in [5, 5.41) is 12.6. The maximum Gasteiger partial charge on any atom is 0.408 e. The van der Waals surface area contributed by atoms with Crippen molar-refractivity contribution in [1.82, 2.24) is 25.7 Å². The molecular formula is C12H15N5O3. The van der Waals surface area contributed by atoms with Crippen LogP contribution in [0.1, 0.15) is 32.4 Å². The molecule has 8 nitrogen and oxygen atoms in total. The maximum atomic E-state index is 11.7. The third-order valence-corrected chi connectivity index (χ3v) is 2.36. The number of fused-ring (bicyclic) bond motifs is 1. The van der Waals surface area contributed by atoms with E-state index in [1.54, 1.807) is 26.8 Å². The van der Waals surface area contributed by atoms with Gasteiger partial charge in [-0.1, -0.05) is 0 Å². The zero-order chi connectivity index (χ0) is 14.8. The zero-order valence-electron chi connectivity index (χ0n) is 11.4. The van der Waals surface area contributed by atoms with Gasteiger partial charge in [0.2, 0.25) is 5.65 Å². The SMILES string of the molecule is CC(C)(C)OC(=O)NC(C=O)c1cnc2n[nH]nc2c1. The summed E-state index contributed by atoms with van der Waals surface area (Å²) in [6.45, 7) is 5.22. The number of pyridine rings is 1. The van der Waals surface area contributed by atoms with Crippen LogP contribution in [0.3, 0.4) is 0 Å². The van der Waals surface area contributed by atoms with Crippen molar-refractivity contribution in [1.29, 1.82) is 0 Å². The number of ether oxygens (including phenoxy) is 1. The molecule has 106 valence electrons. The maximum absolute atomic E-state index is 11.7. The van der Waals surface area contributed by atoms with Gasteiger partial charge in [0.05, 0.1) is 0 Å². The highest BCUT2D eigenvalue weighted by molar-refractivity contribution is 5.76. The molecule has 0 saturated carbocycles. The first-order chi connectivity index (χ1) is 9.39. The fourth-order valence-corrected chi connectivity index (χ4v) is 1.56. The lowest BCUT2D eigenvalue weighted by molar-refractivity contribution is -0.109. The molecule has 0 aromatic carbocycles. The number of aldehydes is 1. The molecule has 2 heterocycles. The number of H-pyrrole nitrogens is 1. The minimum absolute atomic E-state index is 0.440. The Morgan fingerprint density at radius 2 is 2.20 bits per heavy atom. The Bertz CT molecular complexity index is 631. The predicted molar refractivity (Wildman–Crippen MR) is 69.9 cm³/mol. The second-order valence-electron chi connectivity index (χ2n) is 5.19. The third-order valence-electron chi connectivity index (χ3n) is 2.36. The molecule has 2 N–H and O–H groups in total. The normalized spacial score (nSPS) is 12.9. The number of nitrogens with one attached hydrogen (secondary N) is 2. The number of carbonyl (C=O) groups is 2. The molecule has 0 aliphatic heterocycles. The molecule has 0 aliphatic carbocycles. The summed E-state index contributed by atoms with van der Waals surface area (Å²) in [5.41, 5.74) is 0.828. The lowest BCUT2D eigenvalue weighted by Gasteiger charge is -2.21. The molecule has 1 amide bonds. The standard InChI is InChI=1S/C12H15N5O3/c1-12(2,3)20-11(19)14-9(6-18)7-4-8-10(13-5-7)16-17-15-8/h4-6,9H,1-3H3,(H,14,19)(H,13,15,16,17). The third kappa shape index (κ3) is 3.28. The van der Waals surface area contributed by atoms with E-state index in [2.05, 4.69) is 25.7 Å². The van der Waals surface area contributed by atoms with Crippen molar-refractivity contribution in [3.8, 4) is 0 Å². The topological polar surface area (TPSA) is 110 Å². The van der Waals surface area contributed by atoms with Crippen molar-refractivity contribution in [3.05, 3.63) is 17.8 Å². The molecule has 0 aliphatic rings. The van der Waals surface area contributed by atoms with Crippen molar-refractivity contribution >= 4 is 23.5 Å². The Labute approximate surface area is 114 Å². The van der Waals surface area contributed by atoms with E-state index in [9.17, 15) is 9.59 Å². The first kappa shape index (κ1) is 13.9. The minimum atomic E-state index is -0.849. The van der Waals surface area contributed by atoms with Crippen LogP contribution in [0.5, 0.6) is 0 Å². The summed E-state index contributed by atoms with van der Waals surface area (Å²) in [6, 6.07) is 0.779. The first-order valence-corrected chi connectivity index (χ1v) is 6.00. The molecule has 2 rings (SSSR count). The number of amides is 1. The molecule has 2 aromatic rings. The Morgan fingerprint density at radius 3 is 2.85 bits per heavy atom. The molecule has 0 fully saturated rings. The molecule has 0 saturated heterocycles. The van der Waals surface area contributed by atoms with E-state index in [1.807, 2.05) is 0 Å². The number of aromatic amines is 1. The summed E-state index contributed by atoms with van der Waals surface area (Å²) < 4.78 is 5.10. The van der Waals surface area contributed by atoms with E-state index in [0.29, 0.717) is 23.0 Å². The van der Waals surface area contributed by atoms with Crippen LogP contribution in [0.15, 0.2) is 12.3 Å². The van der Waals surface area contributed by atoms with Crippen LogP contribution in [0.4, 0.5) is 4.79 Å². The van der Waals surface area contributed by atoms with E-state index in [4.69, 9.17) is 4.74 Å². The fourth-order valence-electron chi connectivity index (χ4n) is 1.56. The van der Waals surface area contributed by atoms with Crippen LogP contribution in [-0.4, -0.2) is 38.4 Å². The van der Waals surface area contributed by atoms with E-state index in [0.717, 1.165) is 0 Å². The van der Waals surface area contributed by atoms with Crippen molar-refractivity contribution in [2.24, 2.45) is 0 Å². The number of nitrogens with zero attached hydrogens (tertiary/aromatic N) is 3. The van der Waals surface area contributed by atoms with Gasteiger partial charge < -0.3 is 14.8 Å². The van der Waals surface area contributed by atoms with Gasteiger partial charge in [0.25, 0.3) is 0 Å². The van der Waals surface area contributed by atoms with Gasteiger partial charge in [0.1, 0.15) is 23.4 Å². The van der Waals surface area contributed by atoms with Crippen LogP contribution in [0.25, 0.3) is 11.2 Å². The second kappa shape index (κ2) is 5.24. The summed E-state index contributed by atoms with van der Waals surface area (Å²) in [6.07, 6.45) is 1.39. The fraction of sp³-hybridized carbons (Fsp3) is 0.417. The Kier molecular flexibility index (Phi) is 3.64. The van der Waals surface area contributed by atoms with Crippen LogP contribution in [0, 0.1) is 0 Å². The summed E-state index contributed by atoms with van der Waals surface area (Å²) >= 11 is 0. The van der Waals surface area contributed by atoms with Crippen LogP contribution >= 0.6 is 0 Å². The van der Waals surface area contributed by atoms with Gasteiger partial charge >= 0.3 is 6.09 Å². The van der Waals surface area contributed by atoms with Gasteiger partial charge in [-0.3, -0.25) is 0 Å². The van der Waals surface area contributed by atoms with E-state index in [-0.39, 0.29) is 0 Å². The Hall–Kier alpha value is -2.51. The smallest absolute Gasteiger partial charge is 0.408 e. The molecule has 2 aromatic heterocycles. The van der Waals surface area contributed by atoms with Crippen LogP contribution in [-0.2, 0) is 9.53 Å². The summed E-state index contributed by atoms with van der Waals surface area (Å²) in [4.78, 5) is 26.8. The van der Waals surface area contributed by atoms with Crippen molar-refractivity contribution < 1.29 is 14.3 Å². The number of alkyl carbamates (subject to hydrolysis) is 1. The molecule has 0 spiro atoms. The van der Waals surface area contributed by atoms with Crippen LogP contribution in [0.2, 0.25) is 0 Å². The molecule has 8 heteroatoms. The molecule has 1 atom stereocenters. The number of carbonyl (C=O) groups excluding carboxylic acids is 2. The molecule has 1 unspecified atom stereocenters. The van der Waals surface area contributed by atoms with Crippen molar-refractivity contribution in [3.63, 3.8) is 0 Å². The quantitative estimate of drug-likeness (QED) is 0.813. The van der Waals surface area contributed by atoms with E-state index in [1.165, 1.54) is 6.20 Å². The number of hydrogen-bond acceptors (Lipinski definition) is 6. The number of hydrogen-bond donors (Lipinski definition) is 2. The summed E-state index contributed by atoms with van der Waals surface area (Å²) in [7, 11) is 0. The largest absolute Gasteiger partial charge is 0.444 e. The zero-order valence-corrected chi connectivity index (χ0v) is 11.4. The second-order valence-corrected chi connectivity index (χ2v) is 5.19.